The quantitative estimate of drug-likeness (QED) is 0.647. The largest absolute Gasteiger partial charge is 0.493 e. The normalized spacial score (nSPS) is 15.8. The fraction of sp³-hybridized carbons (Fsp3) is 0.364. The van der Waals surface area contributed by atoms with Gasteiger partial charge in [0, 0.05) is 18.4 Å². The van der Waals surface area contributed by atoms with Gasteiger partial charge in [-0.05, 0) is 23.8 Å². The third-order valence-electron chi connectivity index (χ3n) is 5.07. The molecule has 0 aliphatic carbocycles. The first-order valence-electron chi connectivity index (χ1n) is 9.99. The predicted molar refractivity (Wildman–Crippen MR) is 122 cm³/mol. The smallest absolute Gasteiger partial charge is 0.242 e. The van der Waals surface area contributed by atoms with Crippen LogP contribution < -0.4 is 18.9 Å². The number of para-hydroxylation sites is 1. The molecule has 0 aromatic heterocycles. The highest BCUT2D eigenvalue weighted by Gasteiger charge is 2.34. The van der Waals surface area contributed by atoms with E-state index in [0.29, 0.717) is 40.6 Å². The number of sulfonamides is 1. The van der Waals surface area contributed by atoms with Gasteiger partial charge >= 0.3 is 0 Å². The monoisotopic (exact) mass is 461 g/mol. The lowest BCUT2D eigenvalue weighted by atomic mass is 9.97. The number of hydrogen-bond acceptors (Lipinski definition) is 7. The number of rotatable bonds is 8. The van der Waals surface area contributed by atoms with E-state index in [2.05, 4.69) is 9.82 Å². The lowest BCUT2D eigenvalue weighted by Gasteiger charge is -2.23. The zero-order valence-corrected chi connectivity index (χ0v) is 19.5. The van der Waals surface area contributed by atoms with Crippen molar-refractivity contribution < 1.29 is 27.4 Å². The van der Waals surface area contributed by atoms with Gasteiger partial charge in [0.15, 0.2) is 11.5 Å². The van der Waals surface area contributed by atoms with Gasteiger partial charge in [0.05, 0.1) is 45.0 Å². The molecule has 32 heavy (non-hydrogen) atoms. The molecule has 1 aliphatic heterocycles. The Morgan fingerprint density at radius 1 is 1.12 bits per heavy atom. The number of ether oxygens (including phenoxy) is 3. The Hall–Kier alpha value is -3.27. The van der Waals surface area contributed by atoms with E-state index in [1.54, 1.807) is 43.3 Å². The molecule has 1 atom stereocenters. The summed E-state index contributed by atoms with van der Waals surface area (Å²) in [6.07, 6.45) is 1.74. The summed E-state index contributed by atoms with van der Waals surface area (Å²) < 4.78 is 42.5. The third kappa shape index (κ3) is 4.80. The number of carbonyl (C=O) groups is 1. The molecule has 0 spiro atoms. The third-order valence-corrected chi connectivity index (χ3v) is 5.66. The van der Waals surface area contributed by atoms with Crippen LogP contribution in [0.4, 0.5) is 5.69 Å². The van der Waals surface area contributed by atoms with Crippen molar-refractivity contribution >= 4 is 27.3 Å². The van der Waals surface area contributed by atoms with Gasteiger partial charge in [0.25, 0.3) is 0 Å². The van der Waals surface area contributed by atoms with Gasteiger partial charge in [-0.2, -0.15) is 5.10 Å². The second-order valence-electron chi connectivity index (χ2n) is 7.24. The summed E-state index contributed by atoms with van der Waals surface area (Å²) in [5.41, 5.74) is 2.37. The van der Waals surface area contributed by atoms with Crippen LogP contribution in [0.3, 0.4) is 0 Å². The van der Waals surface area contributed by atoms with Crippen LogP contribution in [0.15, 0.2) is 41.5 Å². The summed E-state index contributed by atoms with van der Waals surface area (Å²) in [5, 5.41) is 6.02. The Morgan fingerprint density at radius 3 is 2.28 bits per heavy atom. The number of nitrogens with zero attached hydrogens (tertiary/aromatic N) is 2. The number of anilines is 1. The van der Waals surface area contributed by atoms with Crippen molar-refractivity contribution in [2.24, 2.45) is 5.10 Å². The molecule has 0 saturated carbocycles. The molecule has 2 aromatic rings. The lowest BCUT2D eigenvalue weighted by Crippen LogP contribution is -2.26. The molecule has 0 radical (unpaired) electrons. The number of hydrogen-bond donors (Lipinski definition) is 1. The maximum absolute atomic E-state index is 12.7. The van der Waals surface area contributed by atoms with Crippen LogP contribution in [-0.2, 0) is 14.8 Å². The van der Waals surface area contributed by atoms with Crippen LogP contribution >= 0.6 is 0 Å². The fourth-order valence-corrected chi connectivity index (χ4v) is 4.22. The van der Waals surface area contributed by atoms with Crippen molar-refractivity contribution in [1.29, 1.82) is 0 Å². The summed E-state index contributed by atoms with van der Waals surface area (Å²) in [4.78, 5) is 12.7. The van der Waals surface area contributed by atoms with Crippen molar-refractivity contribution in [3.8, 4) is 17.2 Å². The molecule has 1 N–H and O–H groups in total. The van der Waals surface area contributed by atoms with E-state index in [-0.39, 0.29) is 12.3 Å². The predicted octanol–water partition coefficient (Wildman–Crippen LogP) is 3.17. The van der Waals surface area contributed by atoms with Crippen molar-refractivity contribution in [3.63, 3.8) is 0 Å². The van der Waals surface area contributed by atoms with E-state index in [0.717, 1.165) is 11.8 Å². The second-order valence-corrected chi connectivity index (χ2v) is 8.99. The van der Waals surface area contributed by atoms with Crippen LogP contribution in [0.5, 0.6) is 17.2 Å². The first-order chi connectivity index (χ1) is 15.2. The Morgan fingerprint density at radius 2 is 1.75 bits per heavy atom. The number of carbonyl (C=O) groups excluding carboxylic acids is 1. The molecule has 1 unspecified atom stereocenters. The van der Waals surface area contributed by atoms with Gasteiger partial charge in [-0.3, -0.25) is 9.52 Å². The summed E-state index contributed by atoms with van der Waals surface area (Å²) in [7, 11) is 1.09. The molecular formula is C22H27N3O6S. The number of benzene rings is 2. The zero-order chi connectivity index (χ0) is 23.5. The van der Waals surface area contributed by atoms with Gasteiger partial charge in [0.2, 0.25) is 21.7 Å². The van der Waals surface area contributed by atoms with E-state index in [1.807, 2.05) is 0 Å². The van der Waals surface area contributed by atoms with E-state index in [4.69, 9.17) is 14.2 Å². The van der Waals surface area contributed by atoms with E-state index in [1.165, 1.54) is 26.3 Å². The Labute approximate surface area is 188 Å². The molecule has 3 rings (SSSR count). The molecule has 2 aromatic carbocycles. The summed E-state index contributed by atoms with van der Waals surface area (Å²) in [6, 6.07) is 10.1. The zero-order valence-electron chi connectivity index (χ0n) is 18.7. The maximum atomic E-state index is 12.7. The average molecular weight is 462 g/mol. The molecule has 0 fully saturated rings. The molecule has 1 amide bonds. The molecule has 0 bridgehead atoms. The minimum atomic E-state index is -3.49. The Kier molecular flexibility index (Phi) is 6.93. The average Bonchev–Trinajstić information content (AvgIpc) is 3.22. The van der Waals surface area contributed by atoms with Gasteiger partial charge in [-0.25, -0.2) is 13.4 Å². The second kappa shape index (κ2) is 9.47. The van der Waals surface area contributed by atoms with Crippen LogP contribution in [-0.4, -0.2) is 52.6 Å². The number of hydrazone groups is 1. The molecule has 1 aliphatic rings. The van der Waals surface area contributed by atoms with Crippen LogP contribution in [0.2, 0.25) is 0 Å². The summed E-state index contributed by atoms with van der Waals surface area (Å²) in [6.45, 7) is 1.77. The summed E-state index contributed by atoms with van der Waals surface area (Å²) in [5.74, 6) is 1.23. The standard InChI is InChI=1S/C22H27N3O6S/c1-6-21(26)25-18(14-11-19(29-2)22(31-4)20(12-14)30-3)13-17(23-25)15-9-7-8-10-16(15)24-32(5,27)28/h7-12,18,24H,6,13H2,1-5H3. The first-order valence-corrected chi connectivity index (χ1v) is 11.9. The van der Waals surface area contributed by atoms with Crippen molar-refractivity contribution in [2.75, 3.05) is 32.3 Å². The van der Waals surface area contributed by atoms with Crippen LogP contribution in [0, 0.1) is 0 Å². The van der Waals surface area contributed by atoms with Gasteiger partial charge < -0.3 is 14.2 Å². The molecular weight excluding hydrogens is 434 g/mol. The SMILES string of the molecule is CCC(=O)N1N=C(c2ccccc2NS(C)(=O)=O)CC1c1cc(OC)c(OC)c(OC)c1. The van der Waals surface area contributed by atoms with Gasteiger partial charge in [0.1, 0.15) is 0 Å². The molecule has 172 valence electrons. The molecule has 10 heteroatoms. The number of methoxy groups -OCH3 is 3. The van der Waals surface area contributed by atoms with Crippen LogP contribution in [0.1, 0.15) is 36.9 Å². The van der Waals surface area contributed by atoms with Gasteiger partial charge in [-0.15, -0.1) is 0 Å². The first kappa shape index (κ1) is 23.4. The summed E-state index contributed by atoms with van der Waals surface area (Å²) >= 11 is 0. The van der Waals surface area contributed by atoms with E-state index < -0.39 is 16.1 Å². The minimum absolute atomic E-state index is 0.160. The topological polar surface area (TPSA) is 107 Å². The van der Waals surface area contributed by atoms with Crippen LogP contribution in [0.25, 0.3) is 0 Å². The molecule has 9 nitrogen and oxygen atoms in total. The number of amides is 1. The van der Waals surface area contributed by atoms with E-state index >= 15 is 0 Å². The highest BCUT2D eigenvalue weighted by molar-refractivity contribution is 7.92. The van der Waals surface area contributed by atoms with Crippen molar-refractivity contribution in [3.05, 3.63) is 47.5 Å². The van der Waals surface area contributed by atoms with Crippen molar-refractivity contribution in [2.45, 2.75) is 25.8 Å². The minimum Gasteiger partial charge on any atom is -0.493 e. The van der Waals surface area contributed by atoms with E-state index in [9.17, 15) is 13.2 Å². The van der Waals surface area contributed by atoms with Gasteiger partial charge in [-0.1, -0.05) is 25.1 Å². The van der Waals surface area contributed by atoms with Crippen molar-refractivity contribution in [1.82, 2.24) is 5.01 Å². The molecule has 0 saturated heterocycles. The highest BCUT2D eigenvalue weighted by atomic mass is 32.2. The Balaban J connectivity index is 2.08. The fourth-order valence-electron chi connectivity index (χ4n) is 3.64. The Bertz CT molecular complexity index is 1120. The lowest BCUT2D eigenvalue weighted by molar-refractivity contribution is -0.132. The molecule has 1 heterocycles. The highest BCUT2D eigenvalue weighted by Crippen LogP contribution is 2.43. The maximum Gasteiger partial charge on any atom is 0.242 e. The number of nitrogens with one attached hydrogen (secondary N) is 1.